The molecule has 0 N–H and O–H groups in total. The summed E-state index contributed by atoms with van der Waals surface area (Å²) in [5.74, 6) is 0. The molecule has 96 valence electrons. The van der Waals surface area contributed by atoms with Gasteiger partial charge in [-0.1, -0.05) is 22.9 Å². The highest BCUT2D eigenvalue weighted by Crippen LogP contribution is 2.27. The molecule has 1 aliphatic rings. The van der Waals surface area contributed by atoms with E-state index in [1.54, 1.807) is 7.11 Å². The van der Waals surface area contributed by atoms with Gasteiger partial charge in [-0.15, -0.1) is 0 Å². The maximum atomic E-state index is 12.2. The molecule has 0 aliphatic carbocycles. The lowest BCUT2D eigenvalue weighted by molar-refractivity contribution is 0.0605. The summed E-state index contributed by atoms with van der Waals surface area (Å²) in [5.41, 5.74) is 0. The highest BCUT2D eigenvalue weighted by molar-refractivity contribution is 7.91. The van der Waals surface area contributed by atoms with Gasteiger partial charge in [0.25, 0.3) is 10.0 Å². The molecule has 1 fully saturated rings. The van der Waals surface area contributed by atoms with Crippen LogP contribution in [0.4, 0.5) is 0 Å². The summed E-state index contributed by atoms with van der Waals surface area (Å²) in [5, 5.41) is 0. The lowest BCUT2D eigenvalue weighted by Gasteiger charge is -2.29. The number of sulfonamides is 1. The number of methoxy groups -OCH3 is 1. The van der Waals surface area contributed by atoms with Crippen LogP contribution in [0.1, 0.15) is 12.8 Å². The van der Waals surface area contributed by atoms with Crippen LogP contribution >= 0.6 is 22.9 Å². The predicted octanol–water partition coefficient (Wildman–Crippen LogP) is 1.60. The fraction of sp³-hybridized carbons (Fsp3) is 0.667. The molecule has 0 saturated carbocycles. The number of halogens is 1. The molecule has 0 radical (unpaired) electrons. The average Bonchev–Trinajstić information content (AvgIpc) is 2.77. The lowest BCUT2D eigenvalue weighted by Crippen LogP contribution is -2.40. The molecule has 17 heavy (non-hydrogen) atoms. The van der Waals surface area contributed by atoms with E-state index in [0.717, 1.165) is 24.2 Å². The van der Waals surface area contributed by atoms with Gasteiger partial charge < -0.3 is 4.74 Å². The lowest BCUT2D eigenvalue weighted by atomic mass is 10.1. The molecule has 5 nitrogen and oxygen atoms in total. The zero-order valence-corrected chi connectivity index (χ0v) is 11.7. The number of rotatable bonds is 3. The van der Waals surface area contributed by atoms with Gasteiger partial charge in [-0.25, -0.2) is 13.4 Å². The van der Waals surface area contributed by atoms with E-state index in [0.29, 0.717) is 13.1 Å². The number of piperidine rings is 1. The predicted molar refractivity (Wildman–Crippen MR) is 65.9 cm³/mol. The Kier molecular flexibility index (Phi) is 4.04. The third-order valence-corrected chi connectivity index (χ3v) is 6.23. The second-order valence-electron chi connectivity index (χ2n) is 3.77. The van der Waals surface area contributed by atoms with Gasteiger partial charge in [-0.05, 0) is 12.8 Å². The molecule has 0 amide bonds. The first-order valence-electron chi connectivity index (χ1n) is 5.18. The van der Waals surface area contributed by atoms with Crippen molar-refractivity contribution in [1.82, 2.24) is 9.29 Å². The zero-order valence-electron chi connectivity index (χ0n) is 9.30. The quantitative estimate of drug-likeness (QED) is 0.850. The largest absolute Gasteiger partial charge is 0.381 e. The molecule has 1 aromatic heterocycles. The second kappa shape index (κ2) is 5.19. The molecule has 1 aromatic rings. The van der Waals surface area contributed by atoms with Gasteiger partial charge in [0, 0.05) is 20.2 Å². The summed E-state index contributed by atoms with van der Waals surface area (Å²) in [6.45, 7) is 0.965. The first-order valence-corrected chi connectivity index (χ1v) is 7.82. The van der Waals surface area contributed by atoms with Crippen LogP contribution in [0, 0.1) is 0 Å². The van der Waals surface area contributed by atoms with Gasteiger partial charge in [-0.2, -0.15) is 4.31 Å². The second-order valence-corrected chi connectivity index (χ2v) is 7.55. The van der Waals surface area contributed by atoms with Crippen molar-refractivity contribution >= 4 is 33.0 Å². The van der Waals surface area contributed by atoms with Gasteiger partial charge in [0.05, 0.1) is 12.3 Å². The maximum Gasteiger partial charge on any atom is 0.254 e. The van der Waals surface area contributed by atoms with Crippen LogP contribution in [-0.2, 0) is 14.8 Å². The summed E-state index contributed by atoms with van der Waals surface area (Å²) in [7, 11) is -1.77. The molecule has 0 atom stereocenters. The highest BCUT2D eigenvalue weighted by atomic mass is 35.5. The van der Waals surface area contributed by atoms with Crippen molar-refractivity contribution < 1.29 is 13.2 Å². The first-order chi connectivity index (χ1) is 8.04. The normalized spacial score (nSPS) is 19.6. The van der Waals surface area contributed by atoms with E-state index in [9.17, 15) is 8.42 Å². The molecule has 0 spiro atoms. The third kappa shape index (κ3) is 2.79. The number of thiazole rings is 1. The zero-order chi connectivity index (χ0) is 12.5. The summed E-state index contributed by atoms with van der Waals surface area (Å²) in [4.78, 5) is 3.76. The molecular formula is C9H13ClN2O3S2. The minimum Gasteiger partial charge on any atom is -0.381 e. The summed E-state index contributed by atoms with van der Waals surface area (Å²) < 4.78 is 31.5. The van der Waals surface area contributed by atoms with Crippen LogP contribution in [0.15, 0.2) is 10.4 Å². The van der Waals surface area contributed by atoms with Crippen molar-refractivity contribution in [3.8, 4) is 0 Å². The van der Waals surface area contributed by atoms with Crippen molar-refractivity contribution in [2.24, 2.45) is 0 Å². The van der Waals surface area contributed by atoms with Gasteiger partial charge in [0.2, 0.25) is 0 Å². The molecule has 8 heteroatoms. The highest BCUT2D eigenvalue weighted by Gasteiger charge is 2.30. The Bertz CT molecular complexity index is 480. The van der Waals surface area contributed by atoms with E-state index in [2.05, 4.69) is 4.98 Å². The molecule has 2 rings (SSSR count). The van der Waals surface area contributed by atoms with Crippen LogP contribution in [0.3, 0.4) is 0 Å². The van der Waals surface area contributed by atoms with Crippen molar-refractivity contribution in [1.29, 1.82) is 0 Å². The third-order valence-electron chi connectivity index (χ3n) is 2.78. The molecule has 2 heterocycles. The Morgan fingerprint density at radius 2 is 2.18 bits per heavy atom. The van der Waals surface area contributed by atoms with E-state index >= 15 is 0 Å². The van der Waals surface area contributed by atoms with E-state index in [-0.39, 0.29) is 14.8 Å². The minimum atomic E-state index is -3.42. The molecule has 1 saturated heterocycles. The van der Waals surface area contributed by atoms with E-state index in [1.807, 2.05) is 0 Å². The van der Waals surface area contributed by atoms with Crippen LogP contribution in [0.2, 0.25) is 4.47 Å². The topological polar surface area (TPSA) is 59.5 Å². The van der Waals surface area contributed by atoms with Crippen molar-refractivity contribution in [3.63, 3.8) is 0 Å². The molecule has 0 aromatic carbocycles. The fourth-order valence-electron chi connectivity index (χ4n) is 1.79. The van der Waals surface area contributed by atoms with Crippen molar-refractivity contribution in [2.75, 3.05) is 20.2 Å². The van der Waals surface area contributed by atoms with E-state index < -0.39 is 10.0 Å². The Balaban J connectivity index is 2.12. The van der Waals surface area contributed by atoms with Crippen molar-refractivity contribution in [2.45, 2.75) is 23.2 Å². The Morgan fingerprint density at radius 1 is 1.53 bits per heavy atom. The van der Waals surface area contributed by atoms with Crippen LogP contribution in [0.5, 0.6) is 0 Å². The van der Waals surface area contributed by atoms with Gasteiger partial charge >= 0.3 is 0 Å². The fourth-order valence-corrected chi connectivity index (χ4v) is 4.71. The number of hydrogen-bond donors (Lipinski definition) is 0. The number of aromatic nitrogens is 1. The van der Waals surface area contributed by atoms with E-state index in [4.69, 9.17) is 16.3 Å². The van der Waals surface area contributed by atoms with Crippen LogP contribution < -0.4 is 0 Å². The SMILES string of the molecule is COC1CCN(S(=O)(=O)c2cnc(Cl)s2)CC1. The summed E-state index contributed by atoms with van der Waals surface area (Å²) in [6, 6.07) is 0. The van der Waals surface area contributed by atoms with E-state index in [1.165, 1.54) is 10.5 Å². The Morgan fingerprint density at radius 3 is 2.65 bits per heavy atom. The average molecular weight is 297 g/mol. The summed E-state index contributed by atoms with van der Waals surface area (Å²) in [6.07, 6.45) is 2.92. The van der Waals surface area contributed by atoms with Gasteiger partial charge in [0.15, 0.2) is 8.68 Å². The van der Waals surface area contributed by atoms with Gasteiger partial charge in [-0.3, -0.25) is 0 Å². The minimum absolute atomic E-state index is 0.159. The van der Waals surface area contributed by atoms with Crippen molar-refractivity contribution in [3.05, 3.63) is 10.7 Å². The Labute approximate surface area is 109 Å². The maximum absolute atomic E-state index is 12.2. The number of ether oxygens (including phenoxy) is 1. The van der Waals surface area contributed by atoms with Crippen LogP contribution in [-0.4, -0.2) is 44.0 Å². The molecule has 0 bridgehead atoms. The molecule has 1 aliphatic heterocycles. The summed E-state index contributed by atoms with van der Waals surface area (Å²) >= 11 is 6.64. The molecule has 0 unspecified atom stereocenters. The first kappa shape index (κ1) is 13.2. The standard InChI is InChI=1S/C9H13ClN2O3S2/c1-15-7-2-4-12(5-3-7)17(13,14)8-6-11-9(10)16-8/h6-7H,2-5H2,1H3. The number of hydrogen-bond acceptors (Lipinski definition) is 5. The van der Waals surface area contributed by atoms with Gasteiger partial charge in [0.1, 0.15) is 0 Å². The number of nitrogens with zero attached hydrogens (tertiary/aromatic N) is 2. The van der Waals surface area contributed by atoms with Crippen LogP contribution in [0.25, 0.3) is 0 Å². The Hall–Kier alpha value is -0.210. The monoisotopic (exact) mass is 296 g/mol. The molecular weight excluding hydrogens is 284 g/mol. The smallest absolute Gasteiger partial charge is 0.254 e.